The molecule has 1 fully saturated rings. The summed E-state index contributed by atoms with van der Waals surface area (Å²) >= 11 is 0. The van der Waals surface area contributed by atoms with Crippen molar-refractivity contribution < 1.29 is 0 Å². The second kappa shape index (κ2) is 7.72. The standard InChI is InChI=1S/C20H29N5/c1-16(17-8-6-9-18(14-17)25-13-7-12-23-25)24-19(21-3)22-15-20(2)10-4-5-11-20/h6-9,12-14,16H,4-5,10-11,15H2,1-3H3,(H2,21,22,24). The maximum Gasteiger partial charge on any atom is 0.191 e. The molecule has 0 bridgehead atoms. The van der Waals surface area contributed by atoms with Crippen molar-refractivity contribution in [3.63, 3.8) is 0 Å². The maximum absolute atomic E-state index is 4.39. The summed E-state index contributed by atoms with van der Waals surface area (Å²) in [5, 5.41) is 11.3. The van der Waals surface area contributed by atoms with Gasteiger partial charge in [-0.15, -0.1) is 0 Å². The minimum atomic E-state index is 0.165. The summed E-state index contributed by atoms with van der Waals surface area (Å²) in [7, 11) is 1.83. The Morgan fingerprint density at radius 3 is 2.80 bits per heavy atom. The zero-order valence-electron chi connectivity index (χ0n) is 15.5. The van der Waals surface area contributed by atoms with Crippen molar-refractivity contribution in [2.24, 2.45) is 10.4 Å². The van der Waals surface area contributed by atoms with Gasteiger partial charge in [-0.3, -0.25) is 4.99 Å². The van der Waals surface area contributed by atoms with Gasteiger partial charge in [-0.05, 0) is 48.9 Å². The van der Waals surface area contributed by atoms with Crippen LogP contribution in [0.4, 0.5) is 0 Å². The Balaban J connectivity index is 1.62. The van der Waals surface area contributed by atoms with Crippen LogP contribution in [0.15, 0.2) is 47.7 Å². The van der Waals surface area contributed by atoms with E-state index in [-0.39, 0.29) is 6.04 Å². The van der Waals surface area contributed by atoms with Gasteiger partial charge in [0.05, 0.1) is 11.7 Å². The van der Waals surface area contributed by atoms with Gasteiger partial charge >= 0.3 is 0 Å². The Labute approximate surface area is 150 Å². The summed E-state index contributed by atoms with van der Waals surface area (Å²) in [5.74, 6) is 0.866. The molecule has 1 aliphatic carbocycles. The van der Waals surface area contributed by atoms with E-state index in [1.165, 1.54) is 31.2 Å². The molecule has 0 radical (unpaired) electrons. The number of benzene rings is 1. The normalized spacial score (nSPS) is 18.1. The van der Waals surface area contributed by atoms with Crippen LogP contribution < -0.4 is 10.6 Å². The second-order valence-electron chi connectivity index (χ2n) is 7.36. The van der Waals surface area contributed by atoms with Crippen molar-refractivity contribution in [3.05, 3.63) is 48.3 Å². The third-order valence-corrected chi connectivity index (χ3v) is 5.21. The molecule has 0 saturated heterocycles. The molecule has 1 aromatic carbocycles. The first-order valence-electron chi connectivity index (χ1n) is 9.17. The monoisotopic (exact) mass is 339 g/mol. The quantitative estimate of drug-likeness (QED) is 0.645. The van der Waals surface area contributed by atoms with Gasteiger partial charge in [-0.1, -0.05) is 31.9 Å². The Hall–Kier alpha value is -2.30. The zero-order valence-corrected chi connectivity index (χ0v) is 15.5. The Morgan fingerprint density at radius 1 is 1.32 bits per heavy atom. The first-order valence-corrected chi connectivity index (χ1v) is 9.17. The molecular formula is C20H29N5. The minimum absolute atomic E-state index is 0.165. The molecule has 1 aliphatic rings. The molecule has 0 amide bonds. The van der Waals surface area contributed by atoms with Crippen LogP contribution in [0.5, 0.6) is 0 Å². The van der Waals surface area contributed by atoms with E-state index in [0.717, 1.165) is 18.2 Å². The van der Waals surface area contributed by atoms with Gasteiger partial charge in [0.1, 0.15) is 0 Å². The van der Waals surface area contributed by atoms with Crippen LogP contribution in [0, 0.1) is 5.41 Å². The van der Waals surface area contributed by atoms with E-state index in [1.54, 1.807) is 6.20 Å². The Kier molecular flexibility index (Phi) is 5.41. The summed E-state index contributed by atoms with van der Waals surface area (Å²) in [6.07, 6.45) is 9.06. The summed E-state index contributed by atoms with van der Waals surface area (Å²) < 4.78 is 1.88. The van der Waals surface area contributed by atoms with Crippen molar-refractivity contribution in [3.8, 4) is 5.69 Å². The highest BCUT2D eigenvalue weighted by molar-refractivity contribution is 5.80. The number of hydrogen-bond donors (Lipinski definition) is 2. The fourth-order valence-corrected chi connectivity index (χ4v) is 3.54. The highest BCUT2D eigenvalue weighted by Crippen LogP contribution is 2.36. The van der Waals surface area contributed by atoms with Crippen LogP contribution in [0.2, 0.25) is 0 Å². The average Bonchev–Trinajstić information content (AvgIpc) is 3.31. The summed E-state index contributed by atoms with van der Waals surface area (Å²) in [6, 6.07) is 10.5. The van der Waals surface area contributed by atoms with Crippen molar-refractivity contribution in [2.75, 3.05) is 13.6 Å². The summed E-state index contributed by atoms with van der Waals surface area (Å²) in [5.41, 5.74) is 2.68. The molecule has 1 heterocycles. The van der Waals surface area contributed by atoms with Crippen molar-refractivity contribution in [2.45, 2.75) is 45.6 Å². The van der Waals surface area contributed by atoms with E-state index in [9.17, 15) is 0 Å². The molecule has 1 saturated carbocycles. The molecule has 3 rings (SSSR count). The summed E-state index contributed by atoms with van der Waals surface area (Å²) in [6.45, 7) is 5.51. The van der Waals surface area contributed by atoms with E-state index >= 15 is 0 Å². The highest BCUT2D eigenvalue weighted by Gasteiger charge is 2.28. The first kappa shape index (κ1) is 17.5. The lowest BCUT2D eigenvalue weighted by Crippen LogP contribution is -2.43. The molecule has 5 nitrogen and oxygen atoms in total. The van der Waals surface area contributed by atoms with Crippen molar-refractivity contribution >= 4 is 5.96 Å². The predicted octanol–water partition coefficient (Wildman–Crippen LogP) is 3.68. The van der Waals surface area contributed by atoms with E-state index in [1.807, 2.05) is 24.0 Å². The van der Waals surface area contributed by atoms with Crippen LogP contribution in [-0.2, 0) is 0 Å². The molecule has 1 atom stereocenters. The van der Waals surface area contributed by atoms with Gasteiger partial charge in [-0.2, -0.15) is 5.10 Å². The fraction of sp³-hybridized carbons (Fsp3) is 0.500. The van der Waals surface area contributed by atoms with Gasteiger partial charge in [0, 0.05) is 26.0 Å². The number of nitrogens with zero attached hydrogens (tertiary/aromatic N) is 3. The van der Waals surface area contributed by atoms with Crippen LogP contribution in [0.25, 0.3) is 5.69 Å². The lowest BCUT2D eigenvalue weighted by atomic mass is 9.89. The molecule has 0 aliphatic heterocycles. The lowest BCUT2D eigenvalue weighted by Gasteiger charge is -2.26. The molecular weight excluding hydrogens is 310 g/mol. The van der Waals surface area contributed by atoms with Gasteiger partial charge in [-0.25, -0.2) is 4.68 Å². The Bertz CT molecular complexity index is 699. The number of rotatable bonds is 5. The number of guanidine groups is 1. The minimum Gasteiger partial charge on any atom is -0.356 e. The number of nitrogens with one attached hydrogen (secondary N) is 2. The zero-order chi connectivity index (χ0) is 17.7. The van der Waals surface area contributed by atoms with Gasteiger partial charge < -0.3 is 10.6 Å². The fourth-order valence-electron chi connectivity index (χ4n) is 3.54. The van der Waals surface area contributed by atoms with Crippen molar-refractivity contribution in [1.29, 1.82) is 0 Å². The smallest absolute Gasteiger partial charge is 0.191 e. The average molecular weight is 339 g/mol. The lowest BCUT2D eigenvalue weighted by molar-refractivity contribution is 0.333. The van der Waals surface area contributed by atoms with E-state index < -0.39 is 0 Å². The molecule has 5 heteroatoms. The molecule has 1 unspecified atom stereocenters. The topological polar surface area (TPSA) is 54.2 Å². The highest BCUT2D eigenvalue weighted by atomic mass is 15.3. The predicted molar refractivity (Wildman–Crippen MR) is 103 cm³/mol. The van der Waals surface area contributed by atoms with Gasteiger partial charge in [0.2, 0.25) is 0 Å². The van der Waals surface area contributed by atoms with Crippen LogP contribution in [-0.4, -0.2) is 29.3 Å². The number of aromatic nitrogens is 2. The van der Waals surface area contributed by atoms with E-state index in [0.29, 0.717) is 5.41 Å². The number of hydrogen-bond acceptors (Lipinski definition) is 2. The van der Waals surface area contributed by atoms with Crippen LogP contribution in [0.1, 0.15) is 51.1 Å². The molecule has 1 aromatic heterocycles. The third kappa shape index (κ3) is 4.41. The van der Waals surface area contributed by atoms with Crippen molar-refractivity contribution in [1.82, 2.24) is 20.4 Å². The Morgan fingerprint density at radius 2 is 2.12 bits per heavy atom. The van der Waals surface area contributed by atoms with Gasteiger partial charge in [0.15, 0.2) is 5.96 Å². The number of aliphatic imine (C=N–C) groups is 1. The van der Waals surface area contributed by atoms with Gasteiger partial charge in [0.25, 0.3) is 0 Å². The largest absolute Gasteiger partial charge is 0.356 e. The second-order valence-corrected chi connectivity index (χ2v) is 7.36. The molecule has 25 heavy (non-hydrogen) atoms. The molecule has 0 spiro atoms. The molecule has 2 aromatic rings. The summed E-state index contributed by atoms with van der Waals surface area (Å²) in [4.78, 5) is 4.39. The maximum atomic E-state index is 4.39. The first-order chi connectivity index (χ1) is 12.1. The SMILES string of the molecule is CN=C(NCC1(C)CCCC1)NC(C)c1cccc(-n2cccn2)c1. The van der Waals surface area contributed by atoms with E-state index in [2.05, 4.69) is 58.8 Å². The molecule has 2 N–H and O–H groups in total. The molecule has 134 valence electrons. The van der Waals surface area contributed by atoms with E-state index in [4.69, 9.17) is 0 Å². The third-order valence-electron chi connectivity index (χ3n) is 5.21. The van der Waals surface area contributed by atoms with Crippen LogP contribution >= 0.6 is 0 Å². The van der Waals surface area contributed by atoms with Crippen LogP contribution in [0.3, 0.4) is 0 Å².